The van der Waals surface area contributed by atoms with Crippen molar-refractivity contribution in [2.45, 2.75) is 0 Å². The number of nitrogens with one attached hydrogen (secondary N) is 1. The highest BCUT2D eigenvalue weighted by Gasteiger charge is 1.91. The average Bonchev–Trinajstić information content (AvgIpc) is 2.14. The summed E-state index contributed by atoms with van der Waals surface area (Å²) in [7, 11) is 0. The van der Waals surface area contributed by atoms with Gasteiger partial charge in [-0.2, -0.15) is 4.68 Å². The normalized spacial score (nSPS) is 9.12. The first-order valence-electron chi connectivity index (χ1n) is 1.96. The monoisotopic (exact) mass is 114 g/mol. The highest BCUT2D eigenvalue weighted by molar-refractivity contribution is 5.13. The Balaban J connectivity index is 2.92. The summed E-state index contributed by atoms with van der Waals surface area (Å²) < 4.78 is 1.29. The minimum absolute atomic E-state index is 0.243. The topological polar surface area (TPSA) is 94.8 Å². The molecule has 8 heavy (non-hydrogen) atoms. The Kier molecular flexibility index (Phi) is 1.01. The first-order valence-corrected chi connectivity index (χ1v) is 1.96. The number of rotatable bonds is 1. The van der Waals surface area contributed by atoms with Crippen LogP contribution in [-0.2, 0) is 0 Å². The molecule has 5 N–H and O–H groups in total. The lowest BCUT2D eigenvalue weighted by molar-refractivity contribution is 0.887. The average molecular weight is 114 g/mol. The highest BCUT2D eigenvalue weighted by Crippen LogP contribution is 1.86. The first-order chi connectivity index (χ1) is 3.84. The van der Waals surface area contributed by atoms with E-state index in [1.165, 1.54) is 11.0 Å². The Morgan fingerprint density at radius 1 is 1.75 bits per heavy atom. The number of nitrogen functional groups attached to an aromatic ring is 2. The lowest BCUT2D eigenvalue weighted by atomic mass is 11.1. The molecule has 6 nitrogen and oxygen atoms in total. The van der Waals surface area contributed by atoms with Gasteiger partial charge in [0.05, 0.1) is 0 Å². The smallest absolute Gasteiger partial charge is 0.241 e. The van der Waals surface area contributed by atoms with Crippen LogP contribution >= 0.6 is 0 Å². The fraction of sp³-hybridized carbons (Fsp3) is 0. The van der Waals surface area contributed by atoms with Gasteiger partial charge in [0.1, 0.15) is 6.33 Å². The summed E-state index contributed by atoms with van der Waals surface area (Å²) in [6.45, 7) is 0. The quantitative estimate of drug-likeness (QED) is 0.298. The molecule has 0 bridgehead atoms. The van der Waals surface area contributed by atoms with Crippen LogP contribution in [0.2, 0.25) is 0 Å². The predicted octanol–water partition coefficient (Wildman–Crippen LogP) is -1.72. The largest absolute Gasteiger partial charge is 0.366 e. The van der Waals surface area contributed by atoms with Gasteiger partial charge in [-0.05, 0) is 0 Å². The number of nitrogens with two attached hydrogens (primary N) is 2. The summed E-state index contributed by atoms with van der Waals surface area (Å²) in [4.78, 5) is 0. The molecule has 0 aliphatic heterocycles. The van der Waals surface area contributed by atoms with Gasteiger partial charge in [0.2, 0.25) is 5.95 Å². The zero-order valence-corrected chi connectivity index (χ0v) is 4.07. The van der Waals surface area contributed by atoms with Gasteiger partial charge >= 0.3 is 0 Å². The first kappa shape index (κ1) is 4.85. The van der Waals surface area contributed by atoms with Crippen LogP contribution in [0.3, 0.4) is 0 Å². The van der Waals surface area contributed by atoms with Crippen LogP contribution in [0, 0.1) is 0 Å². The minimum Gasteiger partial charge on any atom is -0.366 e. The zero-order valence-electron chi connectivity index (χ0n) is 4.07. The molecule has 0 aromatic carbocycles. The van der Waals surface area contributed by atoms with Crippen LogP contribution < -0.4 is 17.1 Å². The van der Waals surface area contributed by atoms with Gasteiger partial charge in [-0.15, -0.1) is 10.2 Å². The van der Waals surface area contributed by atoms with Crippen LogP contribution in [0.1, 0.15) is 0 Å². The summed E-state index contributed by atoms with van der Waals surface area (Å²) in [5.74, 6) is 5.19. The SMILES string of the molecule is NNn1cnnc1N. The van der Waals surface area contributed by atoms with Gasteiger partial charge in [-0.1, -0.05) is 0 Å². The molecular weight excluding hydrogens is 108 g/mol. The van der Waals surface area contributed by atoms with Gasteiger partial charge in [-0.25, -0.2) is 5.84 Å². The molecule has 1 aromatic rings. The summed E-state index contributed by atoms with van der Waals surface area (Å²) in [6.07, 6.45) is 1.37. The van der Waals surface area contributed by atoms with Crippen molar-refractivity contribution in [2.75, 3.05) is 11.3 Å². The number of nitrogens with zero attached hydrogens (tertiary/aromatic N) is 3. The summed E-state index contributed by atoms with van der Waals surface area (Å²) in [5, 5.41) is 6.87. The van der Waals surface area contributed by atoms with Crippen LogP contribution in [0.15, 0.2) is 6.33 Å². The van der Waals surface area contributed by atoms with E-state index in [0.29, 0.717) is 0 Å². The van der Waals surface area contributed by atoms with Gasteiger partial charge in [0, 0.05) is 0 Å². The number of aromatic nitrogens is 3. The van der Waals surface area contributed by atoms with E-state index in [9.17, 15) is 0 Å². The van der Waals surface area contributed by atoms with E-state index in [2.05, 4.69) is 15.7 Å². The lowest BCUT2D eigenvalue weighted by Crippen LogP contribution is -2.22. The van der Waals surface area contributed by atoms with Crippen LogP contribution in [0.5, 0.6) is 0 Å². The van der Waals surface area contributed by atoms with E-state index >= 15 is 0 Å². The Bertz CT molecular complexity index is 167. The molecule has 0 fully saturated rings. The molecule has 1 rings (SSSR count). The molecule has 0 amide bonds. The van der Waals surface area contributed by atoms with Crippen molar-refractivity contribution < 1.29 is 0 Å². The van der Waals surface area contributed by atoms with Crippen molar-refractivity contribution in [3.05, 3.63) is 6.33 Å². The Hall–Kier alpha value is -1.30. The van der Waals surface area contributed by atoms with Gasteiger partial charge in [0.15, 0.2) is 0 Å². The number of anilines is 1. The van der Waals surface area contributed by atoms with E-state index in [0.717, 1.165) is 0 Å². The maximum atomic E-state index is 5.20. The molecule has 0 unspecified atom stereocenters. The third-order valence-corrected chi connectivity index (χ3v) is 0.713. The van der Waals surface area contributed by atoms with Gasteiger partial charge in [0.25, 0.3) is 0 Å². The fourth-order valence-electron chi connectivity index (χ4n) is 0.343. The van der Waals surface area contributed by atoms with Gasteiger partial charge in [-0.3, -0.25) is 5.53 Å². The highest BCUT2D eigenvalue weighted by atomic mass is 15.6. The Labute approximate surface area is 45.4 Å². The summed E-state index contributed by atoms with van der Waals surface area (Å²) >= 11 is 0. The van der Waals surface area contributed by atoms with E-state index in [-0.39, 0.29) is 5.95 Å². The van der Waals surface area contributed by atoms with E-state index in [1.54, 1.807) is 0 Å². The molecule has 0 atom stereocenters. The third kappa shape index (κ3) is 0.562. The Morgan fingerprint density at radius 2 is 2.50 bits per heavy atom. The molecule has 0 saturated heterocycles. The minimum atomic E-state index is 0.243. The van der Waals surface area contributed by atoms with Gasteiger partial charge < -0.3 is 5.73 Å². The zero-order chi connectivity index (χ0) is 5.98. The van der Waals surface area contributed by atoms with E-state index < -0.39 is 0 Å². The van der Waals surface area contributed by atoms with Crippen LogP contribution in [0.4, 0.5) is 5.95 Å². The van der Waals surface area contributed by atoms with Crippen LogP contribution in [0.25, 0.3) is 0 Å². The second kappa shape index (κ2) is 1.66. The van der Waals surface area contributed by atoms with Crippen molar-refractivity contribution in [1.29, 1.82) is 0 Å². The molecule has 0 radical (unpaired) electrons. The summed E-state index contributed by atoms with van der Waals surface area (Å²) in [6, 6.07) is 0. The second-order valence-electron chi connectivity index (χ2n) is 1.19. The number of hydrogen-bond acceptors (Lipinski definition) is 5. The molecule has 1 aromatic heterocycles. The molecule has 1 heterocycles. The molecule has 0 aliphatic carbocycles. The van der Waals surface area contributed by atoms with E-state index in [4.69, 9.17) is 11.6 Å². The van der Waals surface area contributed by atoms with Crippen molar-refractivity contribution in [2.24, 2.45) is 5.84 Å². The molecule has 0 spiro atoms. The molecule has 6 heteroatoms. The molecule has 0 saturated carbocycles. The standard InChI is InChI=1S/C2H6N6/c3-2-6-5-1-8(2)7-4/h1,7H,4H2,(H2,3,6). The number of hydrogen-bond donors (Lipinski definition) is 3. The summed E-state index contributed by atoms with van der Waals surface area (Å²) in [5.41, 5.74) is 7.44. The fourth-order valence-corrected chi connectivity index (χ4v) is 0.343. The maximum Gasteiger partial charge on any atom is 0.241 e. The number of hydrazine groups is 1. The Morgan fingerprint density at radius 3 is 2.75 bits per heavy atom. The molecule has 44 valence electrons. The second-order valence-corrected chi connectivity index (χ2v) is 1.19. The van der Waals surface area contributed by atoms with Crippen molar-refractivity contribution in [3.63, 3.8) is 0 Å². The lowest BCUT2D eigenvalue weighted by Gasteiger charge is -1.96. The van der Waals surface area contributed by atoms with Crippen molar-refractivity contribution in [1.82, 2.24) is 14.9 Å². The maximum absolute atomic E-state index is 5.20. The molecule has 0 aliphatic rings. The van der Waals surface area contributed by atoms with Crippen molar-refractivity contribution in [3.8, 4) is 0 Å². The van der Waals surface area contributed by atoms with Crippen LogP contribution in [-0.4, -0.2) is 14.9 Å². The van der Waals surface area contributed by atoms with Crippen molar-refractivity contribution >= 4 is 5.95 Å². The third-order valence-electron chi connectivity index (χ3n) is 0.713. The predicted molar refractivity (Wildman–Crippen MR) is 28.0 cm³/mol. The molecular formula is C2H6N6. The van der Waals surface area contributed by atoms with E-state index in [1.807, 2.05) is 0 Å².